The lowest BCUT2D eigenvalue weighted by molar-refractivity contribution is -0.106. The number of anilines is 1. The molecular weight excluding hydrogens is 399 g/mol. The molecule has 3 rings (SSSR count). The SMILES string of the molecule is CC(Cc1cnc2c(=O)[nH]c(N)nn12)OCP(=O)(NCC=O)Oc1ccccc1. The van der Waals surface area contributed by atoms with Gasteiger partial charge in [0.2, 0.25) is 11.6 Å². The summed E-state index contributed by atoms with van der Waals surface area (Å²) in [7, 11) is -3.48. The Kier molecular flexibility index (Phi) is 6.42. The van der Waals surface area contributed by atoms with Crippen LogP contribution in [0.2, 0.25) is 0 Å². The Balaban J connectivity index is 1.68. The van der Waals surface area contributed by atoms with Crippen LogP contribution >= 0.6 is 7.52 Å². The van der Waals surface area contributed by atoms with Crippen molar-refractivity contribution in [3.8, 4) is 5.75 Å². The quantitative estimate of drug-likeness (QED) is 0.321. The Morgan fingerprint density at radius 2 is 2.14 bits per heavy atom. The van der Waals surface area contributed by atoms with Gasteiger partial charge in [0.25, 0.3) is 5.56 Å². The van der Waals surface area contributed by atoms with Gasteiger partial charge in [-0.25, -0.2) is 14.6 Å². The number of aromatic nitrogens is 4. The van der Waals surface area contributed by atoms with Gasteiger partial charge in [-0.1, -0.05) is 18.2 Å². The molecule has 2 aromatic heterocycles. The molecule has 4 N–H and O–H groups in total. The Hall–Kier alpha value is -3.01. The average Bonchev–Trinajstić information content (AvgIpc) is 3.08. The van der Waals surface area contributed by atoms with E-state index in [0.29, 0.717) is 24.2 Å². The maximum atomic E-state index is 13.0. The lowest BCUT2D eigenvalue weighted by Gasteiger charge is -2.21. The molecule has 12 heteroatoms. The molecule has 0 saturated carbocycles. The van der Waals surface area contributed by atoms with E-state index in [4.69, 9.17) is 15.0 Å². The van der Waals surface area contributed by atoms with Crippen molar-refractivity contribution >= 4 is 25.4 Å². The minimum absolute atomic E-state index is 0.0332. The highest BCUT2D eigenvalue weighted by Gasteiger charge is 2.26. The van der Waals surface area contributed by atoms with Gasteiger partial charge in [-0.15, -0.1) is 5.10 Å². The fourth-order valence-corrected chi connectivity index (χ4v) is 4.08. The Bertz CT molecular complexity index is 1080. The standard InChI is InChI=1S/C17H21N6O5P/c1-12(9-13-10-19-15-16(25)21-17(18)22-23(13)15)27-11-29(26,20-7-8-24)28-14-5-3-2-4-6-14/h2-6,8,10,12H,7,9,11H2,1H3,(H,20,26)(H3,18,21,22,25). The number of para-hydroxylation sites is 1. The summed E-state index contributed by atoms with van der Waals surface area (Å²) in [5, 5.41) is 6.65. The number of hydrogen-bond acceptors (Lipinski definition) is 8. The zero-order valence-electron chi connectivity index (χ0n) is 15.6. The number of hydrogen-bond donors (Lipinski definition) is 3. The first kappa shape index (κ1) is 20.7. The van der Waals surface area contributed by atoms with Crippen molar-refractivity contribution in [2.75, 3.05) is 18.6 Å². The van der Waals surface area contributed by atoms with Gasteiger partial charge in [-0.05, 0) is 19.1 Å². The number of nitrogens with one attached hydrogen (secondary N) is 2. The molecule has 0 aliphatic carbocycles. The first-order chi connectivity index (χ1) is 13.9. The topological polar surface area (TPSA) is 154 Å². The van der Waals surface area contributed by atoms with Crippen molar-refractivity contribution in [2.45, 2.75) is 19.4 Å². The van der Waals surface area contributed by atoms with E-state index in [-0.39, 0.29) is 24.5 Å². The van der Waals surface area contributed by atoms with Gasteiger partial charge in [0.05, 0.1) is 24.5 Å². The molecule has 0 aliphatic heterocycles. The summed E-state index contributed by atoms with van der Waals surface area (Å²) in [5.74, 6) is 0.361. The van der Waals surface area contributed by atoms with E-state index < -0.39 is 19.2 Å². The number of rotatable bonds is 10. The molecule has 2 atom stereocenters. The fourth-order valence-electron chi connectivity index (χ4n) is 2.60. The molecule has 0 spiro atoms. The van der Waals surface area contributed by atoms with Crippen LogP contribution in [0.15, 0.2) is 41.3 Å². The normalized spacial score (nSPS) is 14.4. The molecule has 11 nitrogen and oxygen atoms in total. The second-order valence-electron chi connectivity index (χ2n) is 6.24. The maximum absolute atomic E-state index is 13.0. The summed E-state index contributed by atoms with van der Waals surface area (Å²) in [6.07, 6.45) is 1.75. The second-order valence-corrected chi connectivity index (χ2v) is 8.35. The van der Waals surface area contributed by atoms with Crippen molar-refractivity contribution in [1.29, 1.82) is 0 Å². The number of aldehydes is 1. The molecule has 2 unspecified atom stereocenters. The lowest BCUT2D eigenvalue weighted by Crippen LogP contribution is -2.23. The van der Waals surface area contributed by atoms with Crippen molar-refractivity contribution < 1.29 is 18.6 Å². The summed E-state index contributed by atoms with van der Waals surface area (Å²) >= 11 is 0. The molecule has 0 fully saturated rings. The fraction of sp³-hybridized carbons (Fsp3) is 0.294. The van der Waals surface area contributed by atoms with E-state index in [2.05, 4.69) is 20.2 Å². The lowest BCUT2D eigenvalue weighted by atomic mass is 10.2. The molecule has 0 radical (unpaired) electrons. The van der Waals surface area contributed by atoms with Gasteiger partial charge in [0, 0.05) is 6.42 Å². The Labute approximate surface area is 165 Å². The van der Waals surface area contributed by atoms with Gasteiger partial charge >= 0.3 is 7.52 Å². The monoisotopic (exact) mass is 420 g/mol. The average molecular weight is 420 g/mol. The minimum Gasteiger partial charge on any atom is -0.431 e. The number of nitrogen functional groups attached to an aromatic ring is 1. The Morgan fingerprint density at radius 1 is 1.38 bits per heavy atom. The first-order valence-corrected chi connectivity index (χ1v) is 10.6. The molecule has 1 aromatic carbocycles. The summed E-state index contributed by atoms with van der Waals surface area (Å²) in [6.45, 7) is 1.63. The number of nitrogens with two attached hydrogens (primary N) is 1. The molecule has 29 heavy (non-hydrogen) atoms. The predicted octanol–water partition coefficient (Wildman–Crippen LogP) is 0.966. The van der Waals surface area contributed by atoms with Crippen LogP contribution in [-0.2, 0) is 20.5 Å². The number of fused-ring (bicyclic) bond motifs is 1. The summed E-state index contributed by atoms with van der Waals surface area (Å²) < 4.78 is 25.7. The van der Waals surface area contributed by atoms with Crippen LogP contribution in [0.4, 0.5) is 5.95 Å². The smallest absolute Gasteiger partial charge is 0.342 e. The largest absolute Gasteiger partial charge is 0.431 e. The van der Waals surface area contributed by atoms with Crippen LogP contribution in [0, 0.1) is 0 Å². The highest BCUT2D eigenvalue weighted by molar-refractivity contribution is 7.57. The minimum atomic E-state index is -3.48. The maximum Gasteiger partial charge on any atom is 0.342 e. The predicted molar refractivity (Wildman–Crippen MR) is 106 cm³/mol. The Morgan fingerprint density at radius 3 is 2.86 bits per heavy atom. The van der Waals surface area contributed by atoms with E-state index in [1.54, 1.807) is 37.3 Å². The number of imidazole rings is 1. The van der Waals surface area contributed by atoms with Gasteiger partial charge in [-0.3, -0.25) is 14.3 Å². The van der Waals surface area contributed by atoms with Crippen molar-refractivity contribution in [2.24, 2.45) is 0 Å². The van der Waals surface area contributed by atoms with E-state index in [9.17, 15) is 14.2 Å². The molecule has 2 heterocycles. The summed E-state index contributed by atoms with van der Waals surface area (Å²) in [4.78, 5) is 29.0. The number of benzene rings is 1. The molecule has 0 aliphatic rings. The first-order valence-electron chi connectivity index (χ1n) is 8.76. The zero-order valence-corrected chi connectivity index (χ0v) is 16.5. The van der Waals surface area contributed by atoms with Crippen LogP contribution in [0.1, 0.15) is 12.6 Å². The third kappa shape index (κ3) is 5.29. The highest BCUT2D eigenvalue weighted by Crippen LogP contribution is 2.43. The molecule has 3 aromatic rings. The van der Waals surface area contributed by atoms with Crippen molar-refractivity contribution in [1.82, 2.24) is 24.7 Å². The van der Waals surface area contributed by atoms with Crippen LogP contribution in [0.25, 0.3) is 5.65 Å². The van der Waals surface area contributed by atoms with Gasteiger partial charge in [-0.2, -0.15) is 0 Å². The van der Waals surface area contributed by atoms with Crippen LogP contribution in [0.3, 0.4) is 0 Å². The van der Waals surface area contributed by atoms with Crippen molar-refractivity contribution in [3.63, 3.8) is 0 Å². The van der Waals surface area contributed by atoms with Crippen LogP contribution in [-0.4, -0.2) is 44.9 Å². The van der Waals surface area contributed by atoms with Gasteiger partial charge < -0.3 is 19.8 Å². The zero-order chi connectivity index (χ0) is 20.9. The van der Waals surface area contributed by atoms with Gasteiger partial charge in [0.1, 0.15) is 18.4 Å². The highest BCUT2D eigenvalue weighted by atomic mass is 31.2. The number of H-pyrrole nitrogens is 1. The summed E-state index contributed by atoms with van der Waals surface area (Å²) in [6, 6.07) is 8.61. The third-order valence-corrected chi connectivity index (χ3v) is 5.56. The van der Waals surface area contributed by atoms with Crippen LogP contribution < -0.4 is 20.9 Å². The second kappa shape index (κ2) is 8.99. The molecular formula is C17H21N6O5P. The van der Waals surface area contributed by atoms with Crippen LogP contribution in [0.5, 0.6) is 5.75 Å². The number of carbonyl (C=O) groups excluding carboxylic acids is 1. The van der Waals surface area contributed by atoms with E-state index in [1.807, 2.05) is 0 Å². The van der Waals surface area contributed by atoms with E-state index in [0.717, 1.165) is 0 Å². The van der Waals surface area contributed by atoms with Gasteiger partial charge in [0.15, 0.2) is 0 Å². The molecule has 154 valence electrons. The number of ether oxygens (including phenoxy) is 1. The van der Waals surface area contributed by atoms with E-state index in [1.165, 1.54) is 10.7 Å². The number of aromatic amines is 1. The third-order valence-electron chi connectivity index (χ3n) is 3.90. The van der Waals surface area contributed by atoms with Crippen molar-refractivity contribution in [3.05, 3.63) is 52.6 Å². The molecule has 0 saturated heterocycles. The summed E-state index contributed by atoms with van der Waals surface area (Å²) in [5.41, 5.74) is 5.85. The number of nitrogens with zero attached hydrogens (tertiary/aromatic N) is 3. The number of carbonyl (C=O) groups is 1. The molecule has 0 amide bonds. The molecule has 0 bridgehead atoms. The van der Waals surface area contributed by atoms with E-state index >= 15 is 0 Å².